The van der Waals surface area contributed by atoms with Gasteiger partial charge in [0.2, 0.25) is 0 Å². The molecule has 6 rings (SSSR count). The van der Waals surface area contributed by atoms with E-state index in [1.165, 1.54) is 50.5 Å². The molecule has 7 unspecified atom stereocenters. The number of nitrogens with one attached hydrogen (secondary N) is 1. The Labute approximate surface area is 305 Å². The average molecular weight is 707 g/mol. The van der Waals surface area contributed by atoms with Crippen LogP contribution in [0.1, 0.15) is 109 Å². The van der Waals surface area contributed by atoms with Crippen molar-refractivity contribution >= 4 is 5.71 Å². The number of fused-ring (bicyclic) bond motifs is 3. The number of hydrogen-bond donors (Lipinski definition) is 6. The highest BCUT2D eigenvalue weighted by molar-refractivity contribution is 6.04. The zero-order valence-electron chi connectivity index (χ0n) is 30.9. The van der Waals surface area contributed by atoms with Crippen molar-refractivity contribution in [2.45, 2.75) is 135 Å². The van der Waals surface area contributed by atoms with Crippen LogP contribution in [-0.4, -0.2) is 82.0 Å². The maximum absolute atomic E-state index is 11.5. The van der Waals surface area contributed by atoms with Gasteiger partial charge in [0.25, 0.3) is 0 Å². The second-order valence-corrected chi connectivity index (χ2v) is 16.0. The van der Waals surface area contributed by atoms with Crippen molar-refractivity contribution in [3.63, 3.8) is 0 Å². The van der Waals surface area contributed by atoms with Crippen LogP contribution in [0.3, 0.4) is 0 Å². The smallest absolute Gasteiger partial charge is 0.190 e. The van der Waals surface area contributed by atoms with E-state index < -0.39 is 12.2 Å². The van der Waals surface area contributed by atoms with Gasteiger partial charge in [-0.15, -0.1) is 4.99 Å². The van der Waals surface area contributed by atoms with Gasteiger partial charge in [-0.2, -0.15) is 12.0 Å². The molecule has 0 aromatic heterocycles. The highest BCUT2D eigenvalue weighted by atomic mass is 16.5. The van der Waals surface area contributed by atoms with Crippen molar-refractivity contribution in [3.8, 4) is 11.5 Å². The third-order valence-electron chi connectivity index (χ3n) is 12.5. The van der Waals surface area contributed by atoms with Crippen molar-refractivity contribution in [1.29, 1.82) is 0 Å². The van der Waals surface area contributed by atoms with E-state index in [-0.39, 0.29) is 49.0 Å². The van der Waals surface area contributed by atoms with Gasteiger partial charge in [0.1, 0.15) is 12.2 Å². The number of phenols is 1. The first kappa shape index (κ1) is 38.0. The molecule has 2 aliphatic heterocycles. The minimum Gasteiger partial charge on any atom is -0.592 e. The molecule has 1 aromatic rings. The van der Waals surface area contributed by atoms with Crippen LogP contribution >= 0.6 is 0 Å². The molecule has 9 nitrogen and oxygen atoms in total. The molecule has 9 heteroatoms. The van der Waals surface area contributed by atoms with E-state index in [4.69, 9.17) is 14.5 Å². The highest BCUT2D eigenvalue weighted by Gasteiger charge is 2.58. The number of hydrogen-bond acceptors (Lipinski definition) is 9. The van der Waals surface area contributed by atoms with Gasteiger partial charge in [-0.25, -0.2) is 0 Å². The number of phenolic OH excluding ortho intramolecular Hbond substituents is 1. The first-order chi connectivity index (χ1) is 24.7. The van der Waals surface area contributed by atoms with Gasteiger partial charge in [0, 0.05) is 31.9 Å². The molecule has 51 heavy (non-hydrogen) atoms. The maximum Gasteiger partial charge on any atom is 0.190 e. The quantitative estimate of drug-likeness (QED) is 0.100. The van der Waals surface area contributed by atoms with Crippen molar-refractivity contribution in [2.24, 2.45) is 28.2 Å². The normalized spacial score (nSPS) is 27.0. The number of rotatable bonds is 18. The van der Waals surface area contributed by atoms with Crippen LogP contribution in [-0.2, 0) is 11.2 Å². The number of aliphatic hydroxyl groups excluding tert-OH is 4. The fourth-order valence-electron chi connectivity index (χ4n) is 10.0. The predicted octanol–water partition coefficient (Wildman–Crippen LogP) is 6.13. The Morgan fingerprint density at radius 1 is 1.12 bits per heavy atom. The van der Waals surface area contributed by atoms with Crippen molar-refractivity contribution in [2.75, 3.05) is 26.4 Å². The number of ether oxygens (including phenoxy) is 2. The zero-order chi connectivity index (χ0) is 36.0. The van der Waals surface area contributed by atoms with Crippen LogP contribution in [0.2, 0.25) is 0 Å². The Morgan fingerprint density at radius 3 is 2.69 bits per heavy atom. The molecule has 2 heterocycles. The molecule has 0 saturated heterocycles. The van der Waals surface area contributed by atoms with Crippen LogP contribution in [0.4, 0.5) is 0 Å². The molecule has 0 amide bonds. The standard InChI is InChI=1S/C42H62N2O7/c1-3-4-12-39-29(25-46)21-30(51-39)15-13-28-14-16-37(48)40(20-28)50-26-38(49)35-22-32-36(44-35)23-42(17-5-6-18-42)33-10-7-9-31(33)41(32)34(11-8-19-45)43-24-27(2)47/h14,16,20-22,27,31,33-34,38-39,41,43,45-49H,3-13,15,17-19,23-26H2,1-2H3. The summed E-state index contributed by atoms with van der Waals surface area (Å²) in [6.07, 6.45) is 18.1. The van der Waals surface area contributed by atoms with Crippen LogP contribution in [0, 0.1) is 35.1 Å². The summed E-state index contributed by atoms with van der Waals surface area (Å²) in [5, 5.41) is 55.7. The number of benzene rings is 1. The maximum atomic E-state index is 11.5. The molecule has 6 N–H and O–H groups in total. The van der Waals surface area contributed by atoms with E-state index in [9.17, 15) is 25.5 Å². The summed E-state index contributed by atoms with van der Waals surface area (Å²) in [6.45, 7) is 4.56. The Kier molecular flexibility index (Phi) is 13.0. The fourth-order valence-corrected chi connectivity index (χ4v) is 10.0. The minimum atomic E-state index is -0.967. The molecule has 0 radical (unpaired) electrons. The number of unbranched alkanes of at least 4 members (excludes halogenated alkanes) is 1. The monoisotopic (exact) mass is 706 g/mol. The summed E-state index contributed by atoms with van der Waals surface area (Å²) in [7, 11) is 0. The summed E-state index contributed by atoms with van der Waals surface area (Å²) >= 11 is 0. The third-order valence-corrected chi connectivity index (χ3v) is 12.5. The summed E-state index contributed by atoms with van der Waals surface area (Å²) in [4.78, 5) is 5.17. The summed E-state index contributed by atoms with van der Waals surface area (Å²) in [6, 6.07) is 6.05. The van der Waals surface area contributed by atoms with Crippen LogP contribution in [0.5, 0.6) is 11.5 Å². The second kappa shape index (κ2) is 17.4. The van der Waals surface area contributed by atoms with E-state index in [0.717, 1.165) is 55.1 Å². The Hall–Kier alpha value is -2.69. The third kappa shape index (κ3) is 8.76. The fraction of sp³-hybridized carbons (Fsp3) is 0.690. The molecular formula is C42H62N2O7. The SMILES string of the molecule is CCCCC1OC(CCc2ccc(O)c(OCC(O)[C+]3C=C4C(=N3)CC3(CCCC3)C3CCCC3C4C(CCCO)NCC(C)O)c2)=C[C-]1CO. The molecule has 3 fully saturated rings. The molecule has 3 aliphatic carbocycles. The van der Waals surface area contributed by atoms with E-state index in [2.05, 4.69) is 18.3 Å². The van der Waals surface area contributed by atoms with Crippen LogP contribution in [0.15, 0.2) is 46.7 Å². The van der Waals surface area contributed by atoms with E-state index in [1.807, 2.05) is 25.1 Å². The number of allylic oxidation sites excluding steroid dienone is 1. The molecular weight excluding hydrogens is 644 g/mol. The molecule has 1 spiro atoms. The zero-order valence-corrected chi connectivity index (χ0v) is 30.9. The summed E-state index contributed by atoms with van der Waals surface area (Å²) in [5.41, 5.74) is 3.55. The summed E-state index contributed by atoms with van der Waals surface area (Å²) in [5.74, 6) is 3.49. The number of aliphatic hydroxyl groups is 4. The molecule has 0 bridgehead atoms. The van der Waals surface area contributed by atoms with Crippen molar-refractivity contribution in [1.82, 2.24) is 5.32 Å². The number of aryl methyl sites for hydroxylation is 1. The van der Waals surface area contributed by atoms with E-state index >= 15 is 0 Å². The molecule has 7 atom stereocenters. The van der Waals surface area contributed by atoms with Gasteiger partial charge < -0.3 is 40.3 Å². The minimum absolute atomic E-state index is 0.00539. The van der Waals surface area contributed by atoms with Crippen LogP contribution < -0.4 is 10.1 Å². The molecule has 1 aromatic carbocycles. The average Bonchev–Trinajstić information content (AvgIpc) is 3.94. The number of nitrogens with zero attached hydrogens (tertiary/aromatic N) is 1. The molecule has 3 saturated carbocycles. The molecule has 5 aliphatic rings. The van der Waals surface area contributed by atoms with Crippen LogP contribution in [0.25, 0.3) is 0 Å². The second-order valence-electron chi connectivity index (χ2n) is 16.0. The summed E-state index contributed by atoms with van der Waals surface area (Å²) < 4.78 is 12.2. The van der Waals surface area contributed by atoms with Gasteiger partial charge in [-0.1, -0.05) is 57.3 Å². The molecule has 282 valence electrons. The number of aliphatic imine (C=N–C) groups is 1. The van der Waals surface area contributed by atoms with Crippen molar-refractivity contribution in [3.05, 3.63) is 59.2 Å². The number of aromatic hydroxyl groups is 1. The lowest BCUT2D eigenvalue weighted by molar-refractivity contribution is 0.0983. The van der Waals surface area contributed by atoms with Gasteiger partial charge in [0.15, 0.2) is 29.4 Å². The lowest BCUT2D eigenvalue weighted by Gasteiger charge is -2.39. The Bertz CT molecular complexity index is 1380. The Balaban J connectivity index is 1.16. The van der Waals surface area contributed by atoms with Gasteiger partial charge in [-0.05, 0) is 93.2 Å². The lowest BCUT2D eigenvalue weighted by atomic mass is 9.65. The largest absolute Gasteiger partial charge is 0.592 e. The first-order valence-corrected chi connectivity index (χ1v) is 19.9. The van der Waals surface area contributed by atoms with Gasteiger partial charge in [0.05, 0.1) is 24.5 Å². The predicted molar refractivity (Wildman–Crippen MR) is 199 cm³/mol. The first-order valence-electron chi connectivity index (χ1n) is 19.9. The van der Waals surface area contributed by atoms with Gasteiger partial charge >= 0.3 is 0 Å². The Morgan fingerprint density at radius 2 is 1.94 bits per heavy atom. The van der Waals surface area contributed by atoms with E-state index in [1.54, 1.807) is 6.07 Å². The topological polar surface area (TPSA) is 144 Å². The van der Waals surface area contributed by atoms with E-state index in [0.29, 0.717) is 49.4 Å². The van der Waals surface area contributed by atoms with Crippen molar-refractivity contribution < 1.29 is 35.0 Å². The van der Waals surface area contributed by atoms with Gasteiger partial charge in [-0.3, -0.25) is 0 Å². The lowest BCUT2D eigenvalue weighted by Crippen LogP contribution is -2.45. The highest BCUT2D eigenvalue weighted by Crippen LogP contribution is 2.61.